The number of hydrogen-bond acceptors (Lipinski definition) is 36. The molecule has 0 saturated carbocycles. The summed E-state index contributed by atoms with van der Waals surface area (Å²) in [4.78, 5) is 219. The van der Waals surface area contributed by atoms with E-state index in [1.54, 1.807) is 83.1 Å². The number of methoxy groups -OCH3 is 2. The van der Waals surface area contributed by atoms with Crippen molar-refractivity contribution < 1.29 is 162 Å². The van der Waals surface area contributed by atoms with E-state index in [0.717, 1.165) is 40.2 Å². The SMILES string of the molecule is C#CCOCCOCCOCCOCCC(=O)N[C@H](CCC(=O)NCCCCCCNC(=O)O[C@@H]([C@@H]1OC(C(=O)OC)=C[C@H](N=C(NC(=O)OC(C)(C)C)NC(=O)OC(C)(C)C)[C@H]1NC(C)=O)[C@H]1COC(=O)O1)C(=O)NCC(=O)NCCCCCCNC(=O)O[C@@H]([C@@H]1OC(C(=O)OC)=C[C@H](N=C(NC(=O)OC(C)(C)C)NC(=O)OC(C)(C)C)[C@H]1NC(C)=O)[C@H]1COC(=O)O1. The van der Waals surface area contributed by atoms with E-state index >= 15 is 0 Å². The van der Waals surface area contributed by atoms with Gasteiger partial charge in [0.25, 0.3) is 0 Å². The highest BCUT2D eigenvalue weighted by atomic mass is 16.8. The number of carbonyl (C=O) groups is 16. The van der Waals surface area contributed by atoms with Crippen LogP contribution in [0.1, 0.15) is 168 Å². The second-order valence-corrected chi connectivity index (χ2v) is 32.9. The fourth-order valence-corrected chi connectivity index (χ4v) is 11.8. The molecule has 724 valence electrons. The number of terminal acetylenes is 1. The quantitative estimate of drug-likeness (QED) is 0.0104. The number of nitrogens with one attached hydrogen (secondary N) is 12. The van der Waals surface area contributed by atoms with Gasteiger partial charge in [0, 0.05) is 52.9 Å². The molecule has 0 aromatic carbocycles. The summed E-state index contributed by atoms with van der Waals surface area (Å²) in [5.74, 6) is -5.88. The predicted octanol–water partition coefficient (Wildman–Crippen LogP) is 2.54. The van der Waals surface area contributed by atoms with E-state index in [1.807, 2.05) is 0 Å². The van der Waals surface area contributed by atoms with Gasteiger partial charge in [-0.05, 0) is 127 Å². The highest BCUT2D eigenvalue weighted by Gasteiger charge is 2.53. The normalized spacial score (nSPS) is 18.8. The van der Waals surface area contributed by atoms with Gasteiger partial charge in [-0.1, -0.05) is 31.6 Å². The molecule has 48 nitrogen and oxygen atoms in total. The lowest BCUT2D eigenvalue weighted by molar-refractivity contribution is -0.148. The largest absolute Gasteiger partial charge is 0.508 e. The summed E-state index contributed by atoms with van der Waals surface area (Å²) in [6, 6.07) is -7.13. The van der Waals surface area contributed by atoms with Gasteiger partial charge in [-0.25, -0.2) is 57.9 Å². The molecule has 0 radical (unpaired) electrons. The van der Waals surface area contributed by atoms with Crippen molar-refractivity contribution in [1.29, 1.82) is 0 Å². The molecule has 0 spiro atoms. The molecule has 12 N–H and O–H groups in total. The number of aliphatic imine (C=N–C) groups is 2. The summed E-state index contributed by atoms with van der Waals surface area (Å²) in [6.07, 6.45) is -7.90. The van der Waals surface area contributed by atoms with E-state index < -0.39 is 229 Å². The third-order valence-corrected chi connectivity index (χ3v) is 17.2. The monoisotopic (exact) mass is 1840 g/mol. The minimum absolute atomic E-state index is 0.0128. The summed E-state index contributed by atoms with van der Waals surface area (Å²) < 4.78 is 97.4. The first-order valence-electron chi connectivity index (χ1n) is 41.8. The number of ether oxygens (including phenoxy) is 18. The van der Waals surface area contributed by atoms with E-state index in [0.29, 0.717) is 71.2 Å². The van der Waals surface area contributed by atoms with Gasteiger partial charge in [0.1, 0.15) is 48.3 Å². The van der Waals surface area contributed by atoms with Gasteiger partial charge in [-0.15, -0.1) is 6.42 Å². The number of amides is 12. The zero-order chi connectivity index (χ0) is 96.0. The summed E-state index contributed by atoms with van der Waals surface area (Å²) in [5.41, 5.74) is -4.15. The Balaban J connectivity index is 1.34. The number of guanidine groups is 2. The third kappa shape index (κ3) is 45.8. The third-order valence-electron chi connectivity index (χ3n) is 17.2. The first-order valence-corrected chi connectivity index (χ1v) is 41.8. The van der Waals surface area contributed by atoms with Gasteiger partial charge in [0.05, 0.1) is 91.2 Å². The average molecular weight is 1840 g/mol. The van der Waals surface area contributed by atoms with E-state index in [-0.39, 0.29) is 78.5 Å². The molecule has 0 aromatic rings. The van der Waals surface area contributed by atoms with Gasteiger partial charge < -0.3 is 128 Å². The molecule has 11 atom stereocenters. The minimum Gasteiger partial charge on any atom is -0.477 e. The van der Waals surface area contributed by atoms with E-state index in [9.17, 15) is 76.7 Å². The Hall–Kier alpha value is -12.3. The number of unbranched alkanes of at least 4 members (excludes halogenated alkanes) is 6. The molecule has 48 heteroatoms. The van der Waals surface area contributed by atoms with Crippen molar-refractivity contribution in [3.8, 4) is 12.3 Å². The molecule has 4 aliphatic rings. The Bertz CT molecular complexity index is 3890. The van der Waals surface area contributed by atoms with Crippen molar-refractivity contribution in [2.24, 2.45) is 9.98 Å². The lowest BCUT2D eigenvalue weighted by atomic mass is 9.92. The van der Waals surface area contributed by atoms with Crippen LogP contribution in [0.3, 0.4) is 0 Å². The van der Waals surface area contributed by atoms with Gasteiger partial charge in [0.15, 0.2) is 36.6 Å². The van der Waals surface area contributed by atoms with Gasteiger partial charge >= 0.3 is 60.8 Å². The van der Waals surface area contributed by atoms with Crippen LogP contribution in [0.2, 0.25) is 0 Å². The molecule has 0 aliphatic carbocycles. The second kappa shape index (κ2) is 55.5. The van der Waals surface area contributed by atoms with Crippen molar-refractivity contribution in [1.82, 2.24) is 63.8 Å². The van der Waals surface area contributed by atoms with Crippen LogP contribution < -0.4 is 63.8 Å². The summed E-state index contributed by atoms with van der Waals surface area (Å²) in [6.45, 7) is 21.6. The summed E-state index contributed by atoms with van der Waals surface area (Å²) in [7, 11) is 2.07. The molecule has 129 heavy (non-hydrogen) atoms. The molecule has 4 heterocycles. The number of esters is 2. The molecule has 0 bridgehead atoms. The first-order chi connectivity index (χ1) is 60.7. The molecule has 12 amide bonds. The van der Waals surface area contributed by atoms with Crippen LogP contribution in [0, 0.1) is 12.3 Å². The Morgan fingerprint density at radius 2 is 0.806 bits per heavy atom. The first kappa shape index (κ1) is 109. The maximum atomic E-state index is 13.7. The Morgan fingerprint density at radius 3 is 1.15 bits per heavy atom. The number of nitrogens with zero attached hydrogens (tertiary/aromatic N) is 2. The zero-order valence-electron chi connectivity index (χ0n) is 75.7. The highest BCUT2D eigenvalue weighted by Crippen LogP contribution is 2.32. The van der Waals surface area contributed by atoms with Crippen LogP contribution >= 0.6 is 0 Å². The number of hydrogen-bond donors (Lipinski definition) is 12. The summed E-state index contributed by atoms with van der Waals surface area (Å²) >= 11 is 0. The Kier molecular flexibility index (Phi) is 46.9. The lowest BCUT2D eigenvalue weighted by Crippen LogP contribution is -2.61. The van der Waals surface area contributed by atoms with Crippen molar-refractivity contribution in [2.75, 3.05) is 113 Å². The highest BCUT2D eigenvalue weighted by molar-refractivity contribution is 6.03. The Morgan fingerprint density at radius 1 is 0.450 bits per heavy atom. The average Bonchev–Trinajstić information content (AvgIpc) is 1.75. The van der Waals surface area contributed by atoms with Crippen LogP contribution in [0.25, 0.3) is 0 Å². The van der Waals surface area contributed by atoms with Crippen molar-refractivity contribution in [3.63, 3.8) is 0 Å². The number of alkyl carbamates (subject to hydrolysis) is 6. The lowest BCUT2D eigenvalue weighted by Gasteiger charge is -2.39. The molecular formula is C81H126N14O34. The fourth-order valence-electron chi connectivity index (χ4n) is 11.8. The molecule has 2 saturated heterocycles. The van der Waals surface area contributed by atoms with Crippen LogP contribution in [-0.4, -0.2) is 310 Å². The molecule has 4 aliphatic heterocycles. The molecule has 0 unspecified atom stereocenters. The smallest absolute Gasteiger partial charge is 0.477 e. The van der Waals surface area contributed by atoms with E-state index in [2.05, 4.69) is 79.7 Å². The number of carbonyl (C=O) groups excluding carboxylic acids is 16. The molecule has 0 aromatic heterocycles. The second-order valence-electron chi connectivity index (χ2n) is 32.9. The maximum Gasteiger partial charge on any atom is 0.508 e. The van der Waals surface area contributed by atoms with Crippen LogP contribution in [0.15, 0.2) is 33.7 Å². The van der Waals surface area contributed by atoms with Crippen molar-refractivity contribution >= 4 is 108 Å². The van der Waals surface area contributed by atoms with E-state index in [4.69, 9.17) is 91.7 Å². The van der Waals surface area contributed by atoms with Crippen molar-refractivity contribution in [3.05, 3.63) is 23.7 Å². The summed E-state index contributed by atoms with van der Waals surface area (Å²) in [5, 5.41) is 30.4. The number of cyclic esters (lactones) is 4. The topological polar surface area (TPSA) is 608 Å². The number of rotatable bonds is 46. The molecule has 2 fully saturated rings. The van der Waals surface area contributed by atoms with Crippen LogP contribution in [0.4, 0.5) is 38.4 Å². The van der Waals surface area contributed by atoms with Crippen LogP contribution in [0.5, 0.6) is 0 Å². The predicted molar refractivity (Wildman–Crippen MR) is 448 cm³/mol. The fraction of sp³-hybridized carbons (Fsp3) is 0.704. The maximum absolute atomic E-state index is 13.7. The zero-order valence-corrected chi connectivity index (χ0v) is 75.7. The van der Waals surface area contributed by atoms with Gasteiger partial charge in [-0.2, -0.15) is 0 Å². The van der Waals surface area contributed by atoms with Crippen LogP contribution in [-0.2, 0) is 124 Å². The van der Waals surface area contributed by atoms with Gasteiger partial charge in [0.2, 0.25) is 58.9 Å². The minimum atomic E-state index is -1.68. The van der Waals surface area contributed by atoms with E-state index in [1.165, 1.54) is 0 Å². The standard InChI is InChI=1S/C81H126N14O34/c1-18-34-114-36-38-116-40-41-117-39-37-115-35-29-57(99)89-49(27-28-56(98)82-30-23-19-21-25-32-84-70(104)124-61(54-45-118-76(110)122-54)63-59(87-47(2)96)50(42-52(120-63)66(102)112-16)90-68(92-72(106)126-78(4,5)6)93-73(107)127-79(7,8)9)65(101)86-44-58(100)83-31-24-20-22-26-33-85-71(105)125-62(55-46-119-77(111)123-55)64-60(88-48(3)97)51(43-53(121-64)67(103)113-17)91-69(94-74(108)128-80(10,11)12)95-75(109)129-81(13,14)15/h1,42-43,49-51,54-55,59-64H,19-41,44-46H2,2-17H3,(H,82,98)(H,83,100)(H,84,104)(H,85,105)(H,86,101)(H,87,96)(H,88,97)(H,89,99)(H2,90,92,93,106,107)(H2,91,94,95,108,109)/t49-,50+,51+,54-,55-,59-,60-,61-,62-,63-,64-/m1/s1. The Labute approximate surface area is 747 Å². The molecular weight excluding hydrogens is 1710 g/mol. The van der Waals surface area contributed by atoms with Crippen molar-refractivity contribution in [2.45, 2.75) is 257 Å². The molecule has 4 rings (SSSR count). The van der Waals surface area contributed by atoms with Gasteiger partial charge in [-0.3, -0.25) is 50.0 Å².